The van der Waals surface area contributed by atoms with Crippen molar-refractivity contribution in [3.05, 3.63) is 24.5 Å². The normalized spacial score (nSPS) is 17.2. The molecule has 7 heteroatoms. The third-order valence-corrected chi connectivity index (χ3v) is 4.39. The summed E-state index contributed by atoms with van der Waals surface area (Å²) in [6, 6.07) is 4.57. The number of nitrogens with one attached hydrogen (secondary N) is 2. The third kappa shape index (κ3) is 7.96. The van der Waals surface area contributed by atoms with E-state index in [9.17, 15) is 0 Å². The molecular formula is C18H34IN5O. The fourth-order valence-corrected chi connectivity index (χ4v) is 3.01. The molecule has 6 nitrogen and oxygen atoms in total. The summed E-state index contributed by atoms with van der Waals surface area (Å²) in [4.78, 5) is 7.35. The number of ether oxygens (including phenoxy) is 1. The summed E-state index contributed by atoms with van der Waals surface area (Å²) < 4.78 is 7.65. The van der Waals surface area contributed by atoms with Gasteiger partial charge in [0.25, 0.3) is 0 Å². The first-order chi connectivity index (χ1) is 11.7. The Balaban J connectivity index is 0.00000312. The molecule has 2 N–H and O–H groups in total. The Morgan fingerprint density at radius 3 is 2.44 bits per heavy atom. The van der Waals surface area contributed by atoms with E-state index in [0.717, 1.165) is 58.4 Å². The van der Waals surface area contributed by atoms with Gasteiger partial charge in [-0.3, -0.25) is 9.89 Å². The van der Waals surface area contributed by atoms with E-state index < -0.39 is 0 Å². The molecule has 0 saturated carbocycles. The van der Waals surface area contributed by atoms with Crippen molar-refractivity contribution in [1.82, 2.24) is 20.1 Å². The van der Waals surface area contributed by atoms with Crippen LogP contribution in [0.4, 0.5) is 0 Å². The van der Waals surface area contributed by atoms with Crippen LogP contribution in [0.25, 0.3) is 0 Å². The lowest BCUT2D eigenvalue weighted by Crippen LogP contribution is -2.48. The molecule has 1 aromatic rings. The molecule has 25 heavy (non-hydrogen) atoms. The molecule has 2 heterocycles. The third-order valence-electron chi connectivity index (χ3n) is 4.39. The van der Waals surface area contributed by atoms with Crippen LogP contribution < -0.4 is 10.6 Å². The number of aromatic nitrogens is 1. The summed E-state index contributed by atoms with van der Waals surface area (Å²) in [7, 11) is 0. The van der Waals surface area contributed by atoms with E-state index in [1.54, 1.807) is 0 Å². The lowest BCUT2D eigenvalue weighted by Gasteiger charge is -2.36. The zero-order valence-electron chi connectivity index (χ0n) is 15.8. The second-order valence-electron chi connectivity index (χ2n) is 6.53. The average Bonchev–Trinajstić information content (AvgIpc) is 3.09. The van der Waals surface area contributed by atoms with Crippen LogP contribution >= 0.6 is 24.0 Å². The Kier molecular flexibility index (Phi) is 11.2. The highest BCUT2D eigenvalue weighted by atomic mass is 127. The molecule has 1 aliphatic rings. The van der Waals surface area contributed by atoms with Gasteiger partial charge in [-0.2, -0.15) is 0 Å². The summed E-state index contributed by atoms with van der Waals surface area (Å²) in [5.74, 6) is 1.48. The SMILES string of the molecule is CCNC(=NCC(C(C)C)N1CCOCC1)NCCn1cccc1.I. The molecule has 0 amide bonds. The maximum absolute atomic E-state index is 5.48. The quantitative estimate of drug-likeness (QED) is 0.352. The predicted octanol–water partition coefficient (Wildman–Crippen LogP) is 2.02. The first kappa shape index (κ1) is 22.2. The summed E-state index contributed by atoms with van der Waals surface area (Å²) in [5.41, 5.74) is 0. The van der Waals surface area contributed by atoms with Crippen LogP contribution in [-0.4, -0.2) is 67.4 Å². The molecule has 0 radical (unpaired) electrons. The van der Waals surface area contributed by atoms with Gasteiger partial charge in [-0.05, 0) is 25.0 Å². The highest BCUT2D eigenvalue weighted by molar-refractivity contribution is 14.0. The van der Waals surface area contributed by atoms with Crippen LogP contribution in [0.1, 0.15) is 20.8 Å². The molecule has 2 rings (SSSR count). The first-order valence-electron chi connectivity index (χ1n) is 9.15. The van der Waals surface area contributed by atoms with Crippen molar-refractivity contribution >= 4 is 29.9 Å². The van der Waals surface area contributed by atoms with Gasteiger partial charge in [0.1, 0.15) is 0 Å². The second-order valence-corrected chi connectivity index (χ2v) is 6.53. The minimum Gasteiger partial charge on any atom is -0.379 e. The molecule has 1 aromatic heterocycles. The van der Waals surface area contributed by atoms with Crippen LogP contribution in [0.3, 0.4) is 0 Å². The van der Waals surface area contributed by atoms with Gasteiger partial charge in [0, 0.05) is 51.2 Å². The van der Waals surface area contributed by atoms with Crippen LogP contribution in [0.2, 0.25) is 0 Å². The highest BCUT2D eigenvalue weighted by Crippen LogP contribution is 2.13. The van der Waals surface area contributed by atoms with Crippen LogP contribution in [0.15, 0.2) is 29.5 Å². The molecule has 0 spiro atoms. The number of morpholine rings is 1. The monoisotopic (exact) mass is 463 g/mol. The zero-order valence-corrected chi connectivity index (χ0v) is 18.1. The molecule has 1 fully saturated rings. The van der Waals surface area contributed by atoms with E-state index in [2.05, 4.69) is 65.4 Å². The van der Waals surface area contributed by atoms with Crippen molar-refractivity contribution in [1.29, 1.82) is 0 Å². The fraction of sp³-hybridized carbons (Fsp3) is 0.722. The van der Waals surface area contributed by atoms with Gasteiger partial charge >= 0.3 is 0 Å². The van der Waals surface area contributed by atoms with E-state index in [-0.39, 0.29) is 24.0 Å². The zero-order chi connectivity index (χ0) is 17.2. The van der Waals surface area contributed by atoms with Crippen molar-refractivity contribution in [3.8, 4) is 0 Å². The van der Waals surface area contributed by atoms with E-state index in [4.69, 9.17) is 9.73 Å². The number of hydrogen-bond donors (Lipinski definition) is 2. The van der Waals surface area contributed by atoms with Crippen LogP contribution in [0, 0.1) is 5.92 Å². The molecule has 0 bridgehead atoms. The number of halogens is 1. The van der Waals surface area contributed by atoms with Gasteiger partial charge in [0.15, 0.2) is 5.96 Å². The number of aliphatic imine (C=N–C) groups is 1. The minimum atomic E-state index is 0. The Morgan fingerprint density at radius 1 is 1.16 bits per heavy atom. The molecule has 0 aliphatic carbocycles. The molecule has 1 aliphatic heterocycles. The summed E-state index contributed by atoms with van der Waals surface area (Å²) in [6.07, 6.45) is 4.16. The fourth-order valence-electron chi connectivity index (χ4n) is 3.01. The minimum absolute atomic E-state index is 0. The number of nitrogens with zero attached hydrogens (tertiary/aromatic N) is 3. The van der Waals surface area contributed by atoms with Gasteiger partial charge in [-0.15, -0.1) is 24.0 Å². The maximum Gasteiger partial charge on any atom is 0.191 e. The standard InChI is InChI=1S/C18H33N5O.HI/c1-4-19-18(20-7-10-22-8-5-6-9-22)21-15-17(16(2)3)23-11-13-24-14-12-23;/h5-6,8-9,16-17H,4,7,10-15H2,1-3H3,(H2,19,20,21);1H. The largest absolute Gasteiger partial charge is 0.379 e. The Labute approximate surface area is 169 Å². The molecule has 144 valence electrons. The van der Waals surface area contributed by atoms with Crippen molar-refractivity contribution < 1.29 is 4.74 Å². The van der Waals surface area contributed by atoms with Gasteiger partial charge in [0.05, 0.1) is 19.8 Å². The Hall–Kier alpha value is -0.800. The average molecular weight is 463 g/mol. The van der Waals surface area contributed by atoms with Gasteiger partial charge < -0.3 is 19.9 Å². The lowest BCUT2D eigenvalue weighted by atomic mass is 10.0. The van der Waals surface area contributed by atoms with E-state index in [1.165, 1.54) is 0 Å². The molecular weight excluding hydrogens is 429 g/mol. The maximum atomic E-state index is 5.48. The van der Waals surface area contributed by atoms with Crippen molar-refractivity contribution in [2.45, 2.75) is 33.4 Å². The second kappa shape index (κ2) is 12.5. The molecule has 1 saturated heterocycles. The summed E-state index contributed by atoms with van der Waals surface area (Å²) in [6.45, 7) is 13.8. The topological polar surface area (TPSA) is 53.8 Å². The van der Waals surface area contributed by atoms with Crippen molar-refractivity contribution in [2.75, 3.05) is 45.9 Å². The number of rotatable bonds is 8. The van der Waals surface area contributed by atoms with E-state index in [1.807, 2.05) is 0 Å². The predicted molar refractivity (Wildman–Crippen MR) is 115 cm³/mol. The molecule has 1 atom stereocenters. The van der Waals surface area contributed by atoms with Crippen molar-refractivity contribution in [2.24, 2.45) is 10.9 Å². The molecule has 0 aromatic carbocycles. The van der Waals surface area contributed by atoms with E-state index in [0.29, 0.717) is 12.0 Å². The van der Waals surface area contributed by atoms with Gasteiger partial charge in [-0.25, -0.2) is 0 Å². The Bertz CT molecular complexity index is 472. The first-order valence-corrected chi connectivity index (χ1v) is 9.15. The smallest absolute Gasteiger partial charge is 0.191 e. The highest BCUT2D eigenvalue weighted by Gasteiger charge is 2.23. The Morgan fingerprint density at radius 2 is 1.84 bits per heavy atom. The van der Waals surface area contributed by atoms with Crippen molar-refractivity contribution in [3.63, 3.8) is 0 Å². The summed E-state index contributed by atoms with van der Waals surface area (Å²) in [5, 5.41) is 6.78. The lowest BCUT2D eigenvalue weighted by molar-refractivity contribution is 0.00867. The number of hydrogen-bond acceptors (Lipinski definition) is 3. The van der Waals surface area contributed by atoms with Crippen LogP contribution in [0.5, 0.6) is 0 Å². The van der Waals surface area contributed by atoms with Gasteiger partial charge in [-0.1, -0.05) is 13.8 Å². The van der Waals surface area contributed by atoms with E-state index >= 15 is 0 Å². The molecule has 1 unspecified atom stereocenters. The summed E-state index contributed by atoms with van der Waals surface area (Å²) >= 11 is 0. The van der Waals surface area contributed by atoms with Crippen LogP contribution in [-0.2, 0) is 11.3 Å². The number of guanidine groups is 1. The van der Waals surface area contributed by atoms with Gasteiger partial charge in [0.2, 0.25) is 0 Å².